The highest BCUT2D eigenvalue weighted by molar-refractivity contribution is 5.88. The average molecular weight is 282 g/mol. The third-order valence-electron chi connectivity index (χ3n) is 4.49. The van der Waals surface area contributed by atoms with Gasteiger partial charge in [0.25, 0.3) is 0 Å². The number of hydrogen-bond acceptors (Lipinski definition) is 3. The summed E-state index contributed by atoms with van der Waals surface area (Å²) in [5.74, 6) is -0.607. The Morgan fingerprint density at radius 1 is 1.40 bits per heavy atom. The highest BCUT2D eigenvalue weighted by Crippen LogP contribution is 2.37. The van der Waals surface area contributed by atoms with E-state index in [0.29, 0.717) is 25.3 Å². The van der Waals surface area contributed by atoms with Gasteiger partial charge >= 0.3 is 5.97 Å². The maximum Gasteiger partial charge on any atom is 0.329 e. The molecule has 0 aromatic carbocycles. The van der Waals surface area contributed by atoms with Gasteiger partial charge in [0.2, 0.25) is 11.8 Å². The molecule has 112 valence electrons. The van der Waals surface area contributed by atoms with Gasteiger partial charge in [0.05, 0.1) is 0 Å². The second kappa shape index (κ2) is 5.42. The normalized spacial score (nSPS) is 32.0. The van der Waals surface area contributed by atoms with Crippen molar-refractivity contribution in [2.24, 2.45) is 11.8 Å². The highest BCUT2D eigenvalue weighted by atomic mass is 16.4. The van der Waals surface area contributed by atoms with Gasteiger partial charge < -0.3 is 15.3 Å². The molecule has 1 aliphatic carbocycles. The van der Waals surface area contributed by atoms with E-state index in [0.717, 1.165) is 6.42 Å². The lowest BCUT2D eigenvalue weighted by atomic mass is 9.99. The van der Waals surface area contributed by atoms with Gasteiger partial charge in [-0.05, 0) is 32.1 Å². The first-order valence-electron chi connectivity index (χ1n) is 7.18. The number of carboxylic acid groups (broad SMARTS) is 1. The smallest absolute Gasteiger partial charge is 0.329 e. The fraction of sp³-hybridized carbons (Fsp3) is 0.786. The number of aliphatic carboxylic acids is 1. The Labute approximate surface area is 118 Å². The van der Waals surface area contributed by atoms with Crippen molar-refractivity contribution < 1.29 is 19.5 Å². The topological polar surface area (TPSA) is 86.7 Å². The number of nitrogens with zero attached hydrogens (tertiary/aromatic N) is 1. The molecule has 3 atom stereocenters. The van der Waals surface area contributed by atoms with Gasteiger partial charge in [-0.3, -0.25) is 9.59 Å². The molecule has 1 aliphatic heterocycles. The molecule has 6 nitrogen and oxygen atoms in total. The van der Waals surface area contributed by atoms with Crippen LogP contribution in [-0.2, 0) is 14.4 Å². The second-order valence-corrected chi connectivity index (χ2v) is 6.09. The van der Waals surface area contributed by atoms with Crippen LogP contribution in [-0.4, -0.2) is 46.4 Å². The second-order valence-electron chi connectivity index (χ2n) is 6.09. The van der Waals surface area contributed by atoms with Crippen LogP contribution in [0, 0.1) is 11.8 Å². The molecule has 0 bridgehead atoms. The Morgan fingerprint density at radius 3 is 2.60 bits per heavy atom. The Kier molecular flexibility index (Phi) is 4.01. The number of carboxylic acids is 1. The first kappa shape index (κ1) is 14.8. The van der Waals surface area contributed by atoms with E-state index in [9.17, 15) is 19.5 Å². The van der Waals surface area contributed by atoms with Crippen molar-refractivity contribution in [3.8, 4) is 0 Å². The Morgan fingerprint density at radius 2 is 2.05 bits per heavy atom. The molecular weight excluding hydrogens is 260 g/mol. The van der Waals surface area contributed by atoms with Gasteiger partial charge in [-0.15, -0.1) is 0 Å². The van der Waals surface area contributed by atoms with Gasteiger partial charge in [-0.1, -0.05) is 6.92 Å². The molecule has 0 aromatic heterocycles. The number of likely N-dealkylation sites (tertiary alicyclic amines) is 1. The first-order valence-corrected chi connectivity index (χ1v) is 7.18. The average Bonchev–Trinajstić information content (AvgIpc) is 2.97. The van der Waals surface area contributed by atoms with Crippen LogP contribution in [0.4, 0.5) is 0 Å². The predicted molar refractivity (Wildman–Crippen MR) is 71.9 cm³/mol. The van der Waals surface area contributed by atoms with Crippen molar-refractivity contribution in [3.05, 3.63) is 0 Å². The molecule has 2 rings (SSSR count). The van der Waals surface area contributed by atoms with Crippen molar-refractivity contribution in [1.82, 2.24) is 10.2 Å². The molecule has 1 saturated carbocycles. The number of hydrogen-bond donors (Lipinski definition) is 2. The Bertz CT molecular complexity index is 437. The van der Waals surface area contributed by atoms with E-state index in [1.165, 1.54) is 4.90 Å². The number of carbonyl (C=O) groups excluding carboxylic acids is 2. The number of carbonyl (C=O) groups is 3. The van der Waals surface area contributed by atoms with Gasteiger partial charge in [0.15, 0.2) is 0 Å². The van der Waals surface area contributed by atoms with E-state index in [1.807, 2.05) is 6.92 Å². The molecule has 0 spiro atoms. The molecule has 2 fully saturated rings. The molecule has 2 aliphatic rings. The van der Waals surface area contributed by atoms with Gasteiger partial charge in [0.1, 0.15) is 5.54 Å². The lowest BCUT2D eigenvalue weighted by Gasteiger charge is -2.31. The lowest BCUT2D eigenvalue weighted by Crippen LogP contribution is -2.51. The summed E-state index contributed by atoms with van der Waals surface area (Å²) in [5.41, 5.74) is -1.09. The molecule has 1 saturated heterocycles. The van der Waals surface area contributed by atoms with Crippen LogP contribution in [0.5, 0.6) is 0 Å². The van der Waals surface area contributed by atoms with E-state index in [-0.39, 0.29) is 30.7 Å². The third-order valence-corrected chi connectivity index (χ3v) is 4.49. The van der Waals surface area contributed by atoms with Crippen LogP contribution in [0.25, 0.3) is 0 Å². The van der Waals surface area contributed by atoms with E-state index in [2.05, 4.69) is 5.32 Å². The molecule has 2 amide bonds. The first-order chi connectivity index (χ1) is 9.36. The molecule has 0 aromatic rings. The van der Waals surface area contributed by atoms with Gasteiger partial charge in [-0.25, -0.2) is 4.79 Å². The summed E-state index contributed by atoms with van der Waals surface area (Å²) in [4.78, 5) is 36.5. The molecule has 1 heterocycles. The standard InChI is InChI=1S/C14H22N2O4/c1-9-8-10(9)12(18)15-6-4-11(17)16-7-3-5-14(16,2)13(19)20/h9-10H,3-8H2,1-2H3,(H,15,18)(H,19,20). The van der Waals surface area contributed by atoms with E-state index < -0.39 is 11.5 Å². The molecule has 2 N–H and O–H groups in total. The molecule has 6 heteroatoms. The summed E-state index contributed by atoms with van der Waals surface area (Å²) in [5, 5.41) is 12.0. The Balaban J connectivity index is 1.80. The van der Waals surface area contributed by atoms with Crippen molar-refractivity contribution in [2.45, 2.75) is 45.1 Å². The number of amides is 2. The van der Waals surface area contributed by atoms with Crippen molar-refractivity contribution in [1.29, 1.82) is 0 Å². The summed E-state index contributed by atoms with van der Waals surface area (Å²) >= 11 is 0. The quantitative estimate of drug-likeness (QED) is 0.773. The van der Waals surface area contributed by atoms with Crippen molar-refractivity contribution in [2.75, 3.05) is 13.1 Å². The van der Waals surface area contributed by atoms with Crippen LogP contribution in [0.3, 0.4) is 0 Å². The molecule has 20 heavy (non-hydrogen) atoms. The molecular formula is C14H22N2O4. The van der Waals surface area contributed by atoms with Crippen molar-refractivity contribution in [3.63, 3.8) is 0 Å². The SMILES string of the molecule is CC1CC1C(=O)NCCC(=O)N1CCCC1(C)C(=O)O. The van der Waals surface area contributed by atoms with E-state index in [4.69, 9.17) is 0 Å². The zero-order valence-electron chi connectivity index (χ0n) is 12.0. The minimum atomic E-state index is -1.09. The zero-order valence-corrected chi connectivity index (χ0v) is 12.0. The fourth-order valence-corrected chi connectivity index (χ4v) is 2.83. The zero-order chi connectivity index (χ0) is 14.9. The summed E-state index contributed by atoms with van der Waals surface area (Å²) in [6.07, 6.45) is 2.28. The van der Waals surface area contributed by atoms with E-state index in [1.54, 1.807) is 6.92 Å². The van der Waals surface area contributed by atoms with Gasteiger partial charge in [-0.2, -0.15) is 0 Å². The van der Waals surface area contributed by atoms with Crippen LogP contribution < -0.4 is 5.32 Å². The minimum absolute atomic E-state index is 0.00715. The molecule has 0 radical (unpaired) electrons. The summed E-state index contributed by atoms with van der Waals surface area (Å²) in [7, 11) is 0. The van der Waals surface area contributed by atoms with Crippen LogP contribution >= 0.6 is 0 Å². The summed E-state index contributed by atoms with van der Waals surface area (Å²) in [6, 6.07) is 0. The van der Waals surface area contributed by atoms with Crippen LogP contribution in [0.15, 0.2) is 0 Å². The van der Waals surface area contributed by atoms with E-state index >= 15 is 0 Å². The number of nitrogens with one attached hydrogen (secondary N) is 1. The minimum Gasteiger partial charge on any atom is -0.480 e. The largest absolute Gasteiger partial charge is 0.480 e. The third kappa shape index (κ3) is 2.78. The summed E-state index contributed by atoms with van der Waals surface area (Å²) < 4.78 is 0. The Hall–Kier alpha value is -1.59. The van der Waals surface area contributed by atoms with Crippen LogP contribution in [0.1, 0.15) is 39.5 Å². The van der Waals surface area contributed by atoms with Gasteiger partial charge in [0, 0.05) is 25.4 Å². The fourth-order valence-electron chi connectivity index (χ4n) is 2.83. The predicted octanol–water partition coefficient (Wildman–Crippen LogP) is 0.614. The lowest BCUT2D eigenvalue weighted by molar-refractivity contribution is -0.155. The maximum atomic E-state index is 12.1. The monoisotopic (exact) mass is 282 g/mol. The van der Waals surface area contributed by atoms with Crippen LogP contribution in [0.2, 0.25) is 0 Å². The summed E-state index contributed by atoms with van der Waals surface area (Å²) in [6.45, 7) is 4.38. The molecule has 3 unspecified atom stereocenters. The highest BCUT2D eigenvalue weighted by Gasteiger charge is 2.45. The number of rotatable bonds is 5. The van der Waals surface area contributed by atoms with Crippen molar-refractivity contribution >= 4 is 17.8 Å². The maximum absolute atomic E-state index is 12.1.